The number of likely N-dealkylation sites (tertiary alicyclic amines) is 1. The number of carbonyl (C=O) groups excluding carboxylic acids is 4. The Morgan fingerprint density at radius 2 is 1.76 bits per heavy atom. The van der Waals surface area contributed by atoms with Crippen molar-refractivity contribution in [1.82, 2.24) is 20.0 Å². The molecule has 1 aliphatic rings. The number of ketones is 1. The summed E-state index contributed by atoms with van der Waals surface area (Å²) >= 11 is 0. The number of ether oxygens (including phenoxy) is 2. The molecule has 2 N–H and O–H groups in total. The third-order valence-corrected chi connectivity index (χ3v) is 6.77. The number of carboxylic acids is 1. The lowest BCUT2D eigenvalue weighted by Crippen LogP contribution is -2.51. The lowest BCUT2D eigenvalue weighted by molar-refractivity contribution is -0.151. The molecule has 1 fully saturated rings. The van der Waals surface area contributed by atoms with Gasteiger partial charge in [-0.25, -0.2) is 4.68 Å². The predicted octanol–water partition coefficient (Wildman–Crippen LogP) is 2.63. The highest BCUT2D eigenvalue weighted by Gasteiger charge is 2.33. The molecule has 12 nitrogen and oxygen atoms in total. The van der Waals surface area contributed by atoms with Crippen molar-refractivity contribution in [2.75, 3.05) is 26.3 Å². The van der Waals surface area contributed by atoms with Crippen molar-refractivity contribution >= 4 is 29.5 Å². The van der Waals surface area contributed by atoms with Crippen LogP contribution in [0.25, 0.3) is 5.69 Å². The molecule has 2 amide bonds. The molecule has 0 bridgehead atoms. The van der Waals surface area contributed by atoms with Crippen molar-refractivity contribution < 1.29 is 38.6 Å². The van der Waals surface area contributed by atoms with Crippen LogP contribution in [0.4, 0.5) is 0 Å². The van der Waals surface area contributed by atoms with E-state index in [2.05, 4.69) is 10.4 Å². The van der Waals surface area contributed by atoms with E-state index in [1.165, 1.54) is 15.6 Å². The first kappa shape index (κ1) is 31.3. The summed E-state index contributed by atoms with van der Waals surface area (Å²) in [6.45, 7) is 7.68. The van der Waals surface area contributed by atoms with E-state index in [0.717, 1.165) is 0 Å². The molecule has 3 rings (SSSR count). The number of carboxylic acid groups (broad SMARTS) is 1. The monoisotopic (exact) mass is 570 g/mol. The first-order chi connectivity index (χ1) is 19.4. The lowest BCUT2D eigenvalue weighted by atomic mass is 9.91. The zero-order chi connectivity index (χ0) is 30.2. The number of Topliss-reactive ketones (excluding diaryl/α,β-unsaturated/α-hetero) is 1. The van der Waals surface area contributed by atoms with Gasteiger partial charge in [-0.1, -0.05) is 39.0 Å². The van der Waals surface area contributed by atoms with E-state index in [4.69, 9.17) is 9.47 Å². The average Bonchev–Trinajstić information content (AvgIpc) is 3.38. The number of esters is 1. The van der Waals surface area contributed by atoms with E-state index in [0.29, 0.717) is 18.5 Å². The number of nitrogens with one attached hydrogen (secondary N) is 1. The van der Waals surface area contributed by atoms with Crippen molar-refractivity contribution in [3.05, 3.63) is 42.1 Å². The molecule has 0 radical (unpaired) electrons. The van der Waals surface area contributed by atoms with Crippen LogP contribution in [0.5, 0.6) is 5.88 Å². The van der Waals surface area contributed by atoms with Crippen molar-refractivity contribution in [1.29, 1.82) is 0 Å². The van der Waals surface area contributed by atoms with Gasteiger partial charge in [-0.15, -0.1) is 0 Å². The molecule has 1 aliphatic heterocycles. The van der Waals surface area contributed by atoms with Gasteiger partial charge < -0.3 is 24.8 Å². The number of para-hydroxylation sites is 1. The van der Waals surface area contributed by atoms with Crippen LogP contribution in [0.3, 0.4) is 0 Å². The van der Waals surface area contributed by atoms with Crippen molar-refractivity contribution in [2.45, 2.75) is 59.4 Å². The quantitative estimate of drug-likeness (QED) is 0.366. The van der Waals surface area contributed by atoms with Gasteiger partial charge >= 0.3 is 11.9 Å². The van der Waals surface area contributed by atoms with Crippen LogP contribution in [0, 0.1) is 11.3 Å². The number of piperidine rings is 1. The average molecular weight is 571 g/mol. The minimum absolute atomic E-state index is 0.0683. The summed E-state index contributed by atoms with van der Waals surface area (Å²) in [4.78, 5) is 64.0. The highest BCUT2D eigenvalue weighted by molar-refractivity contribution is 5.96. The Morgan fingerprint density at radius 3 is 2.34 bits per heavy atom. The van der Waals surface area contributed by atoms with Crippen molar-refractivity contribution in [2.24, 2.45) is 11.3 Å². The summed E-state index contributed by atoms with van der Waals surface area (Å²) in [6.07, 6.45) is 0.373. The third kappa shape index (κ3) is 8.63. The molecule has 222 valence electrons. The largest absolute Gasteiger partial charge is 0.481 e. The zero-order valence-electron chi connectivity index (χ0n) is 23.9. The van der Waals surface area contributed by atoms with Crippen molar-refractivity contribution in [3.8, 4) is 11.6 Å². The van der Waals surface area contributed by atoms with E-state index < -0.39 is 29.2 Å². The number of hydrogen-bond donors (Lipinski definition) is 2. The normalized spacial score (nSPS) is 14.7. The third-order valence-electron chi connectivity index (χ3n) is 6.77. The maximum atomic E-state index is 13.4. The van der Waals surface area contributed by atoms with Crippen LogP contribution in [0.15, 0.2) is 36.4 Å². The topological polar surface area (TPSA) is 157 Å². The number of rotatable bonds is 12. The van der Waals surface area contributed by atoms with Gasteiger partial charge in [-0.2, -0.15) is 5.10 Å². The summed E-state index contributed by atoms with van der Waals surface area (Å²) in [5.74, 6) is -2.83. The molecule has 0 aliphatic carbocycles. The lowest BCUT2D eigenvalue weighted by Gasteiger charge is -2.33. The Labute approximate surface area is 239 Å². The van der Waals surface area contributed by atoms with Gasteiger partial charge in [0.05, 0.1) is 18.2 Å². The highest BCUT2D eigenvalue weighted by Crippen LogP contribution is 2.23. The highest BCUT2D eigenvalue weighted by atomic mass is 16.5. The van der Waals surface area contributed by atoms with Crippen LogP contribution >= 0.6 is 0 Å². The minimum atomic E-state index is -1.12. The molecule has 1 aromatic carbocycles. The molecule has 0 unspecified atom stereocenters. The fraction of sp³-hybridized carbons (Fsp3) is 0.517. The molecule has 0 saturated carbocycles. The zero-order valence-corrected chi connectivity index (χ0v) is 23.9. The van der Waals surface area contributed by atoms with E-state index in [9.17, 15) is 29.1 Å². The molecule has 2 aromatic rings. The van der Waals surface area contributed by atoms with Crippen molar-refractivity contribution in [3.63, 3.8) is 0 Å². The van der Waals surface area contributed by atoms with Gasteiger partial charge in [0.2, 0.25) is 11.8 Å². The van der Waals surface area contributed by atoms with Gasteiger partial charge in [0.25, 0.3) is 5.91 Å². The van der Waals surface area contributed by atoms with Crippen LogP contribution in [-0.2, 0) is 23.9 Å². The molecular weight excluding hydrogens is 532 g/mol. The fourth-order valence-corrected chi connectivity index (χ4v) is 4.26. The van der Waals surface area contributed by atoms with Crippen LogP contribution in [-0.4, -0.2) is 81.7 Å². The second-order valence-corrected chi connectivity index (χ2v) is 10.9. The molecule has 2 heterocycles. The van der Waals surface area contributed by atoms with Crippen LogP contribution < -0.4 is 10.1 Å². The maximum absolute atomic E-state index is 13.4. The maximum Gasteiger partial charge on any atom is 0.309 e. The Hall–Kier alpha value is -4.22. The number of aliphatic carboxylic acids is 1. The first-order valence-corrected chi connectivity index (χ1v) is 13.7. The molecule has 41 heavy (non-hydrogen) atoms. The Morgan fingerprint density at radius 1 is 1.10 bits per heavy atom. The van der Waals surface area contributed by atoms with Gasteiger partial charge in [-0.3, -0.25) is 24.0 Å². The molecular formula is C29H38N4O8. The second-order valence-electron chi connectivity index (χ2n) is 10.9. The van der Waals surface area contributed by atoms with E-state index >= 15 is 0 Å². The second kappa shape index (κ2) is 13.9. The first-order valence-electron chi connectivity index (χ1n) is 13.7. The Balaban J connectivity index is 1.78. The Kier molecular flexibility index (Phi) is 10.6. The van der Waals surface area contributed by atoms with E-state index in [-0.39, 0.29) is 68.4 Å². The number of nitrogens with zero attached hydrogens (tertiary/aromatic N) is 3. The van der Waals surface area contributed by atoms with Crippen LogP contribution in [0.1, 0.15) is 63.9 Å². The summed E-state index contributed by atoms with van der Waals surface area (Å²) in [7, 11) is 0. The molecule has 1 atom stereocenters. The smallest absolute Gasteiger partial charge is 0.309 e. The van der Waals surface area contributed by atoms with E-state index in [1.807, 2.05) is 6.07 Å². The molecule has 0 spiro atoms. The summed E-state index contributed by atoms with van der Waals surface area (Å²) in [5.41, 5.74) is -0.103. The number of amides is 2. The van der Waals surface area contributed by atoms with Gasteiger partial charge in [-0.05, 0) is 38.3 Å². The molecule has 1 saturated heterocycles. The predicted molar refractivity (Wildman–Crippen MR) is 148 cm³/mol. The van der Waals surface area contributed by atoms with Gasteiger partial charge in [0.15, 0.2) is 11.5 Å². The fourth-order valence-electron chi connectivity index (χ4n) is 4.26. The molecule has 1 aromatic heterocycles. The van der Waals surface area contributed by atoms with Gasteiger partial charge in [0.1, 0.15) is 12.6 Å². The number of aromatic nitrogens is 2. The van der Waals surface area contributed by atoms with Gasteiger partial charge in [0, 0.05) is 31.0 Å². The summed E-state index contributed by atoms with van der Waals surface area (Å²) in [5, 5.41) is 16.2. The number of hydrogen-bond acceptors (Lipinski definition) is 8. The SMILES string of the molecule is CCOC(=O)C1CCN(C(=O)[C@H](CCC(=O)O)NC(=O)c2cc(OCC(=O)C(C)(C)C)n(-c3ccccc3)n2)CC1. The van der Waals surface area contributed by atoms with Crippen LogP contribution in [0.2, 0.25) is 0 Å². The Bertz CT molecular complexity index is 1240. The standard InChI is InChI=1S/C29H38N4O8/c1-5-40-28(39)19-13-15-32(16-14-19)27(38)21(11-12-25(35)36)30-26(37)22-17-24(41-18-23(34)29(2,3)4)33(31-22)20-9-7-6-8-10-20/h6-10,17,19,21H,5,11-16,18H2,1-4H3,(H,30,37)(H,35,36)/t21-/m0/s1. The molecule has 12 heteroatoms. The number of benzene rings is 1. The number of carbonyl (C=O) groups is 5. The summed E-state index contributed by atoms with van der Waals surface area (Å²) < 4.78 is 12.2. The van der Waals surface area contributed by atoms with E-state index in [1.54, 1.807) is 52.0 Å². The minimum Gasteiger partial charge on any atom is -0.481 e. The summed E-state index contributed by atoms with van der Waals surface area (Å²) in [6, 6.07) is 9.16.